The van der Waals surface area contributed by atoms with Crippen molar-refractivity contribution in [3.05, 3.63) is 41.5 Å². The number of aromatic hydroxyl groups is 4. The summed E-state index contributed by atoms with van der Waals surface area (Å²) in [5.41, 5.74) is 0.752. The van der Waals surface area contributed by atoms with Crippen molar-refractivity contribution in [1.82, 2.24) is 0 Å². The van der Waals surface area contributed by atoms with Crippen molar-refractivity contribution >= 4 is 10.2 Å². The van der Waals surface area contributed by atoms with Crippen LogP contribution in [-0.2, 0) is 11.6 Å². The van der Waals surface area contributed by atoms with E-state index in [-0.39, 0.29) is 35.2 Å². The van der Waals surface area contributed by atoms with Gasteiger partial charge in [0.25, 0.3) is 0 Å². The number of phenolic OH excluding ortho intramolecular Hbond substituents is 4. The monoisotopic (exact) mass is 317 g/mol. The number of rotatable bonds is 1. The number of hydrogen-bond donors (Lipinski definition) is 5. The molecule has 3 radical (unpaired) electrons. The molecule has 113 valence electrons. The lowest BCUT2D eigenvalue weighted by Crippen LogP contribution is -2.49. The maximum absolute atomic E-state index is 10.4. The molecule has 7 heteroatoms. The van der Waals surface area contributed by atoms with Gasteiger partial charge in [0, 0.05) is 24.1 Å². The van der Waals surface area contributed by atoms with Crippen LogP contribution in [0.3, 0.4) is 0 Å². The molecule has 0 saturated heterocycles. The number of aliphatic hydroxyl groups excluding tert-OH is 1. The molecule has 2 aromatic rings. The van der Waals surface area contributed by atoms with Crippen molar-refractivity contribution in [1.29, 1.82) is 0 Å². The van der Waals surface area contributed by atoms with Gasteiger partial charge < -0.3 is 30.3 Å². The molecule has 1 unspecified atom stereocenters. The van der Waals surface area contributed by atoms with Crippen LogP contribution in [0.1, 0.15) is 11.1 Å². The summed E-state index contributed by atoms with van der Waals surface area (Å²) in [6.07, 6.45) is -0.997. The van der Waals surface area contributed by atoms with Gasteiger partial charge in [-0.1, -0.05) is 6.07 Å². The van der Waals surface area contributed by atoms with E-state index in [1.54, 1.807) is 0 Å². The smallest absolute Gasteiger partial charge is 0.157 e. The van der Waals surface area contributed by atoms with Gasteiger partial charge in [-0.25, -0.2) is 0 Å². The first-order chi connectivity index (χ1) is 10.3. The van der Waals surface area contributed by atoms with Gasteiger partial charge in [-0.3, -0.25) is 0 Å². The minimum atomic E-state index is -1.39. The van der Waals surface area contributed by atoms with Crippen molar-refractivity contribution in [2.75, 3.05) is 0 Å². The summed E-state index contributed by atoms with van der Waals surface area (Å²) < 4.78 is 5.73. The van der Waals surface area contributed by atoms with Crippen LogP contribution in [0, 0.1) is 0 Å². The second-order valence-electron chi connectivity index (χ2n) is 5.20. The Bertz CT molecular complexity index is 747. The second-order valence-corrected chi connectivity index (χ2v) is 5.95. The zero-order chi connectivity index (χ0) is 16.1. The third kappa shape index (κ3) is 2.15. The molecule has 0 spiro atoms. The highest BCUT2D eigenvalue weighted by Gasteiger charge is 2.43. The normalized spacial score (nSPS) is 23.6. The lowest BCUT2D eigenvalue weighted by molar-refractivity contribution is -0.0132. The fourth-order valence-electron chi connectivity index (χ4n) is 2.50. The van der Waals surface area contributed by atoms with Crippen molar-refractivity contribution in [2.24, 2.45) is 0 Å². The predicted molar refractivity (Wildman–Crippen MR) is 77.3 cm³/mol. The zero-order valence-electron chi connectivity index (χ0n) is 11.3. The highest BCUT2D eigenvalue weighted by Crippen LogP contribution is 2.44. The molecule has 22 heavy (non-hydrogen) atoms. The van der Waals surface area contributed by atoms with Gasteiger partial charge >= 0.3 is 0 Å². The van der Waals surface area contributed by atoms with E-state index in [4.69, 9.17) is 4.74 Å². The molecule has 5 N–H and O–H groups in total. The molecule has 0 saturated carbocycles. The molecular formula is C15H13O6Si. The lowest BCUT2D eigenvalue weighted by atomic mass is 9.93. The predicted octanol–water partition coefficient (Wildman–Crippen LogP) is 0.826. The molecule has 2 atom stereocenters. The highest BCUT2D eigenvalue weighted by molar-refractivity contribution is 6.15. The van der Waals surface area contributed by atoms with Gasteiger partial charge in [-0.2, -0.15) is 0 Å². The molecule has 1 aliphatic heterocycles. The number of hydrogen-bond acceptors (Lipinski definition) is 6. The lowest BCUT2D eigenvalue weighted by Gasteiger charge is -2.40. The van der Waals surface area contributed by atoms with Crippen LogP contribution < -0.4 is 4.74 Å². The topological polar surface area (TPSA) is 110 Å². The fraction of sp³-hybridized carbons (Fsp3) is 0.200. The summed E-state index contributed by atoms with van der Waals surface area (Å²) in [4.78, 5) is 0. The van der Waals surface area contributed by atoms with Gasteiger partial charge in [0.1, 0.15) is 22.5 Å². The van der Waals surface area contributed by atoms with Crippen LogP contribution >= 0.6 is 0 Å². The molecule has 1 aliphatic rings. The van der Waals surface area contributed by atoms with Crippen LogP contribution in [0.5, 0.6) is 28.7 Å². The summed E-state index contributed by atoms with van der Waals surface area (Å²) in [7, 11) is 3.38. The molecule has 0 aliphatic carbocycles. The average Bonchev–Trinajstić information content (AvgIpc) is 2.44. The van der Waals surface area contributed by atoms with Crippen molar-refractivity contribution in [2.45, 2.75) is 17.7 Å². The van der Waals surface area contributed by atoms with Gasteiger partial charge in [-0.15, -0.1) is 0 Å². The summed E-state index contributed by atoms with van der Waals surface area (Å²) in [5, 5.41) is 47.4. The molecule has 6 nitrogen and oxygen atoms in total. The maximum atomic E-state index is 10.4. The Morgan fingerprint density at radius 1 is 1.00 bits per heavy atom. The van der Waals surface area contributed by atoms with E-state index in [2.05, 4.69) is 10.2 Å². The number of fused-ring (bicyclic) bond motifs is 1. The first-order valence-electron chi connectivity index (χ1n) is 6.50. The van der Waals surface area contributed by atoms with Crippen molar-refractivity contribution < 1.29 is 30.3 Å². The van der Waals surface area contributed by atoms with E-state index in [1.165, 1.54) is 30.3 Å². The minimum absolute atomic E-state index is 0.0760. The average molecular weight is 317 g/mol. The summed E-state index contributed by atoms with van der Waals surface area (Å²) >= 11 is 0. The maximum Gasteiger partial charge on any atom is 0.157 e. The van der Waals surface area contributed by atoms with Crippen LogP contribution in [-0.4, -0.2) is 41.9 Å². The fourth-order valence-corrected chi connectivity index (χ4v) is 2.86. The third-order valence-corrected chi connectivity index (χ3v) is 4.44. The Morgan fingerprint density at radius 3 is 2.41 bits per heavy atom. The number of aliphatic hydroxyl groups is 1. The van der Waals surface area contributed by atoms with E-state index < -0.39 is 11.3 Å². The molecule has 2 aromatic carbocycles. The minimum Gasteiger partial charge on any atom is -0.508 e. The summed E-state index contributed by atoms with van der Waals surface area (Å²) in [6.45, 7) is 0. The quantitative estimate of drug-likeness (QED) is 0.393. The summed E-state index contributed by atoms with van der Waals surface area (Å²) in [5.74, 6) is -0.771. The first-order valence-corrected chi connectivity index (χ1v) is 7.00. The Morgan fingerprint density at radius 2 is 1.73 bits per heavy atom. The molecule has 3 rings (SSSR count). The van der Waals surface area contributed by atoms with Gasteiger partial charge in [0.05, 0.1) is 16.3 Å². The molecule has 0 aromatic heterocycles. The van der Waals surface area contributed by atoms with E-state index in [0.29, 0.717) is 11.1 Å². The van der Waals surface area contributed by atoms with Crippen LogP contribution in [0.4, 0.5) is 0 Å². The number of benzene rings is 2. The van der Waals surface area contributed by atoms with Crippen molar-refractivity contribution in [3.63, 3.8) is 0 Å². The molecule has 1 heterocycles. The Hall–Kier alpha value is -2.38. The largest absolute Gasteiger partial charge is 0.508 e. The Labute approximate surface area is 129 Å². The van der Waals surface area contributed by atoms with E-state index in [0.717, 1.165) is 0 Å². The second kappa shape index (κ2) is 4.82. The van der Waals surface area contributed by atoms with Crippen LogP contribution in [0.15, 0.2) is 30.3 Å². The molecule has 0 bridgehead atoms. The Balaban J connectivity index is 2.09. The SMILES string of the molecule is Oc1cc(O)c2c(c1)OC([Si])(c1ccc(O)c(O)c1)[C@H](O)C2. The van der Waals surface area contributed by atoms with Crippen LogP contribution in [0.25, 0.3) is 0 Å². The van der Waals surface area contributed by atoms with Crippen LogP contribution in [0.2, 0.25) is 0 Å². The van der Waals surface area contributed by atoms with E-state index >= 15 is 0 Å². The Kier molecular flexibility index (Phi) is 3.19. The zero-order valence-corrected chi connectivity index (χ0v) is 12.3. The van der Waals surface area contributed by atoms with Gasteiger partial charge in [0.15, 0.2) is 11.5 Å². The highest BCUT2D eigenvalue weighted by atomic mass is 28.1. The third-order valence-electron chi connectivity index (χ3n) is 3.71. The van der Waals surface area contributed by atoms with Gasteiger partial charge in [-0.05, 0) is 17.7 Å². The molecular weight excluding hydrogens is 304 g/mol. The molecule has 0 fully saturated rings. The summed E-state index contributed by atoms with van der Waals surface area (Å²) in [6, 6.07) is 6.52. The number of phenols is 4. The standard InChI is InChI=1S/C15H13O6Si/c16-8-4-11(18)9-6-14(20)15(22,21-13(9)5-8)7-1-2-10(17)12(19)3-7/h1-5,14,16-20H,6H2/t14-,15?/m1/s1. The molecule has 0 amide bonds. The van der Waals surface area contributed by atoms with Crippen molar-refractivity contribution in [3.8, 4) is 28.7 Å². The first kappa shape index (κ1) is 14.5. The van der Waals surface area contributed by atoms with E-state index in [1.807, 2.05) is 0 Å². The van der Waals surface area contributed by atoms with E-state index in [9.17, 15) is 25.5 Å². The van der Waals surface area contributed by atoms with Gasteiger partial charge in [0.2, 0.25) is 0 Å². The number of ether oxygens (including phenoxy) is 1.